The van der Waals surface area contributed by atoms with Crippen LogP contribution < -0.4 is 0 Å². The number of allylic oxidation sites excluding steroid dienone is 1. The lowest BCUT2D eigenvalue weighted by atomic mass is 10.2. The van der Waals surface area contributed by atoms with Gasteiger partial charge in [-0.1, -0.05) is 12.1 Å². The highest BCUT2D eigenvalue weighted by Gasteiger charge is 2.02. The van der Waals surface area contributed by atoms with Crippen molar-refractivity contribution in [2.45, 2.75) is 6.54 Å². The molecule has 0 unspecified atom stereocenters. The minimum absolute atomic E-state index is 0.166. The molecule has 0 amide bonds. The molecule has 1 nitrogen and oxygen atoms in total. The van der Waals surface area contributed by atoms with Crippen molar-refractivity contribution in [1.29, 1.82) is 0 Å². The van der Waals surface area contributed by atoms with Gasteiger partial charge in [-0.3, -0.25) is 0 Å². The molecule has 0 aliphatic rings. The Labute approximate surface area is 76.1 Å². The number of halogens is 1. The third-order valence-corrected chi connectivity index (χ3v) is 2.09. The molecule has 1 aromatic heterocycles. The van der Waals surface area contributed by atoms with Crippen LogP contribution in [0.3, 0.4) is 0 Å². The van der Waals surface area contributed by atoms with Gasteiger partial charge in [0.25, 0.3) is 0 Å². The highest BCUT2D eigenvalue weighted by Crippen LogP contribution is 2.18. The number of aromatic nitrogens is 1. The monoisotopic (exact) mass is 175 g/mol. The molecular formula is C11H10FN. The number of rotatable bonds is 2. The van der Waals surface area contributed by atoms with Gasteiger partial charge in [0.05, 0.1) is 5.52 Å². The molecule has 0 saturated heterocycles. The van der Waals surface area contributed by atoms with Crippen molar-refractivity contribution in [3.63, 3.8) is 0 Å². The van der Waals surface area contributed by atoms with Crippen molar-refractivity contribution < 1.29 is 4.39 Å². The second-order valence-electron chi connectivity index (χ2n) is 2.93. The lowest BCUT2D eigenvalue weighted by Crippen LogP contribution is -1.91. The highest BCUT2D eigenvalue weighted by molar-refractivity contribution is 5.80. The van der Waals surface area contributed by atoms with E-state index in [-0.39, 0.29) is 5.82 Å². The van der Waals surface area contributed by atoms with Gasteiger partial charge in [0.2, 0.25) is 0 Å². The molecular weight excluding hydrogens is 165 g/mol. The number of hydrogen-bond donors (Lipinski definition) is 0. The lowest BCUT2D eigenvalue weighted by Gasteiger charge is -2.00. The second kappa shape index (κ2) is 3.05. The van der Waals surface area contributed by atoms with Crippen LogP contribution in [-0.4, -0.2) is 4.57 Å². The summed E-state index contributed by atoms with van der Waals surface area (Å²) in [6, 6.07) is 6.88. The zero-order chi connectivity index (χ0) is 9.26. The summed E-state index contributed by atoms with van der Waals surface area (Å²) in [6.07, 6.45) is 3.67. The molecule has 1 heterocycles. The topological polar surface area (TPSA) is 4.93 Å². The van der Waals surface area contributed by atoms with Gasteiger partial charge in [-0.2, -0.15) is 0 Å². The fourth-order valence-corrected chi connectivity index (χ4v) is 1.48. The van der Waals surface area contributed by atoms with Crippen LogP contribution in [0.4, 0.5) is 4.39 Å². The van der Waals surface area contributed by atoms with Crippen LogP contribution in [0.2, 0.25) is 0 Å². The van der Waals surface area contributed by atoms with Gasteiger partial charge in [0.1, 0.15) is 5.82 Å². The van der Waals surface area contributed by atoms with Gasteiger partial charge in [-0.25, -0.2) is 4.39 Å². The van der Waals surface area contributed by atoms with E-state index in [9.17, 15) is 4.39 Å². The molecule has 0 N–H and O–H groups in total. The molecule has 0 spiro atoms. The predicted molar refractivity (Wildman–Crippen MR) is 52.1 cm³/mol. The van der Waals surface area contributed by atoms with Gasteiger partial charge in [-0.05, 0) is 18.2 Å². The van der Waals surface area contributed by atoms with E-state index >= 15 is 0 Å². The molecule has 0 bridgehead atoms. The van der Waals surface area contributed by atoms with Crippen LogP contribution in [0.15, 0.2) is 43.1 Å². The predicted octanol–water partition coefficient (Wildman–Crippen LogP) is 2.97. The van der Waals surface area contributed by atoms with Crippen LogP contribution in [-0.2, 0) is 6.54 Å². The van der Waals surface area contributed by atoms with Crippen molar-refractivity contribution in [2.75, 3.05) is 0 Å². The highest BCUT2D eigenvalue weighted by atomic mass is 19.1. The second-order valence-corrected chi connectivity index (χ2v) is 2.93. The Bertz CT molecular complexity index is 442. The number of benzene rings is 1. The first-order chi connectivity index (χ1) is 6.33. The van der Waals surface area contributed by atoms with Crippen molar-refractivity contribution in [3.05, 3.63) is 48.9 Å². The van der Waals surface area contributed by atoms with E-state index in [1.165, 1.54) is 6.07 Å². The molecule has 0 radical (unpaired) electrons. The molecule has 2 heteroatoms. The largest absolute Gasteiger partial charge is 0.344 e. The molecule has 0 aliphatic heterocycles. The van der Waals surface area contributed by atoms with E-state index < -0.39 is 0 Å². The quantitative estimate of drug-likeness (QED) is 0.618. The maximum absolute atomic E-state index is 13.2. The van der Waals surface area contributed by atoms with Crippen molar-refractivity contribution in [1.82, 2.24) is 4.57 Å². The van der Waals surface area contributed by atoms with Crippen molar-refractivity contribution in [2.24, 2.45) is 0 Å². The van der Waals surface area contributed by atoms with Crippen molar-refractivity contribution >= 4 is 10.9 Å². The Morgan fingerprint density at radius 3 is 3.00 bits per heavy atom. The fraction of sp³-hybridized carbons (Fsp3) is 0.0909. The molecule has 13 heavy (non-hydrogen) atoms. The van der Waals surface area contributed by atoms with Crippen LogP contribution in [0, 0.1) is 5.82 Å². The summed E-state index contributed by atoms with van der Waals surface area (Å²) < 4.78 is 15.2. The third-order valence-electron chi connectivity index (χ3n) is 2.09. The van der Waals surface area contributed by atoms with Gasteiger partial charge >= 0.3 is 0 Å². The lowest BCUT2D eigenvalue weighted by molar-refractivity contribution is 0.639. The Hall–Kier alpha value is -1.57. The van der Waals surface area contributed by atoms with E-state index in [2.05, 4.69) is 6.58 Å². The van der Waals surface area contributed by atoms with E-state index in [1.54, 1.807) is 18.2 Å². The minimum Gasteiger partial charge on any atom is -0.344 e. The van der Waals surface area contributed by atoms with Crippen LogP contribution in [0.1, 0.15) is 0 Å². The Balaban J connectivity index is 2.67. The Morgan fingerprint density at radius 1 is 1.38 bits per heavy atom. The molecule has 66 valence electrons. The van der Waals surface area contributed by atoms with E-state index in [1.807, 2.05) is 16.8 Å². The normalized spacial score (nSPS) is 10.5. The van der Waals surface area contributed by atoms with Gasteiger partial charge in [0, 0.05) is 18.1 Å². The Morgan fingerprint density at radius 2 is 2.23 bits per heavy atom. The van der Waals surface area contributed by atoms with Gasteiger partial charge in [-0.15, -0.1) is 6.58 Å². The third kappa shape index (κ3) is 1.24. The summed E-state index contributed by atoms with van der Waals surface area (Å²) in [5.74, 6) is -0.166. The molecule has 0 atom stereocenters. The zero-order valence-corrected chi connectivity index (χ0v) is 7.20. The first kappa shape index (κ1) is 8.05. The van der Waals surface area contributed by atoms with E-state index in [4.69, 9.17) is 0 Å². The maximum atomic E-state index is 13.2. The average molecular weight is 175 g/mol. The van der Waals surface area contributed by atoms with Crippen LogP contribution >= 0.6 is 0 Å². The smallest absolute Gasteiger partial charge is 0.132 e. The summed E-state index contributed by atoms with van der Waals surface area (Å²) in [6.45, 7) is 4.37. The molecule has 0 fully saturated rings. The Kier molecular flexibility index (Phi) is 1.89. The number of nitrogens with zero attached hydrogens (tertiary/aromatic N) is 1. The van der Waals surface area contributed by atoms with Crippen molar-refractivity contribution in [3.8, 4) is 0 Å². The van der Waals surface area contributed by atoms with Gasteiger partial charge < -0.3 is 4.57 Å². The number of fused-ring (bicyclic) bond motifs is 1. The van der Waals surface area contributed by atoms with Crippen LogP contribution in [0.25, 0.3) is 10.9 Å². The molecule has 0 aliphatic carbocycles. The fourth-order valence-electron chi connectivity index (χ4n) is 1.48. The summed E-state index contributed by atoms with van der Waals surface area (Å²) >= 11 is 0. The zero-order valence-electron chi connectivity index (χ0n) is 7.20. The molecule has 2 rings (SSSR count). The van der Waals surface area contributed by atoms with Gasteiger partial charge in [0.15, 0.2) is 0 Å². The summed E-state index contributed by atoms with van der Waals surface area (Å²) in [7, 11) is 0. The standard InChI is InChI=1S/C11H10FN/c1-2-7-13-8-6-9-10(12)4-3-5-11(9)13/h2-6,8H,1,7H2. The SMILES string of the molecule is C=CCn1ccc2c(F)cccc21. The molecule has 1 aromatic carbocycles. The van der Waals surface area contributed by atoms with E-state index in [0.717, 1.165) is 5.52 Å². The molecule has 0 saturated carbocycles. The summed E-state index contributed by atoms with van der Waals surface area (Å²) in [5, 5.41) is 0.671. The maximum Gasteiger partial charge on any atom is 0.132 e. The average Bonchev–Trinajstić information content (AvgIpc) is 2.51. The first-order valence-electron chi connectivity index (χ1n) is 4.17. The van der Waals surface area contributed by atoms with E-state index in [0.29, 0.717) is 11.9 Å². The van der Waals surface area contributed by atoms with Crippen LogP contribution in [0.5, 0.6) is 0 Å². The minimum atomic E-state index is -0.166. The molecule has 2 aromatic rings. The number of hydrogen-bond acceptors (Lipinski definition) is 0. The summed E-state index contributed by atoms with van der Waals surface area (Å²) in [5.41, 5.74) is 0.917. The first-order valence-corrected chi connectivity index (χ1v) is 4.17. The summed E-state index contributed by atoms with van der Waals surface area (Å²) in [4.78, 5) is 0.